The lowest BCUT2D eigenvalue weighted by Crippen LogP contribution is -1.98. The zero-order valence-electron chi connectivity index (χ0n) is 15.3. The summed E-state index contributed by atoms with van der Waals surface area (Å²) in [6.07, 6.45) is 4.64. The van der Waals surface area contributed by atoms with Gasteiger partial charge in [0.25, 0.3) is 0 Å². The summed E-state index contributed by atoms with van der Waals surface area (Å²) in [4.78, 5) is 8.67. The van der Waals surface area contributed by atoms with E-state index in [1.54, 1.807) is 32.7 Å². The highest BCUT2D eigenvalue weighted by atomic mass is 16.5. The van der Waals surface area contributed by atoms with Crippen molar-refractivity contribution in [2.45, 2.75) is 0 Å². The lowest BCUT2D eigenvalue weighted by Gasteiger charge is -2.12. The molecule has 0 aliphatic carbocycles. The second kappa shape index (κ2) is 7.75. The molecule has 0 amide bonds. The van der Waals surface area contributed by atoms with Crippen LogP contribution in [-0.2, 0) is 0 Å². The molecule has 0 fully saturated rings. The molecule has 0 saturated heterocycles. The van der Waals surface area contributed by atoms with Crippen molar-refractivity contribution in [2.24, 2.45) is 0 Å². The van der Waals surface area contributed by atoms with Crippen LogP contribution in [0.15, 0.2) is 61.2 Å². The third-order valence-corrected chi connectivity index (χ3v) is 4.05. The lowest BCUT2D eigenvalue weighted by atomic mass is 10.2. The van der Waals surface area contributed by atoms with Gasteiger partial charge in [-0.05, 0) is 30.3 Å². The molecule has 0 aliphatic rings. The van der Waals surface area contributed by atoms with Crippen LogP contribution in [0.4, 0.5) is 11.5 Å². The molecule has 0 atom stereocenters. The highest BCUT2D eigenvalue weighted by molar-refractivity contribution is 5.93. The standard InChI is InChI=1S/C20H17N5O3/c1-26-18-9-16-17(10-19(18)27-2)21-12-22-20(16)25-13-3-5-14(6-4-13)28-15-7-8-23-24-11-15/h3-12H,1-2H3,(H,21,22,25). The maximum absolute atomic E-state index is 5.72. The molecule has 2 heterocycles. The van der Waals surface area contributed by atoms with Gasteiger partial charge in [0, 0.05) is 23.2 Å². The molecule has 8 nitrogen and oxygen atoms in total. The van der Waals surface area contributed by atoms with E-state index >= 15 is 0 Å². The third kappa shape index (κ3) is 3.61. The Balaban J connectivity index is 1.59. The summed E-state index contributed by atoms with van der Waals surface area (Å²) in [6.45, 7) is 0. The van der Waals surface area contributed by atoms with Crippen molar-refractivity contribution < 1.29 is 14.2 Å². The molecule has 0 bridgehead atoms. The Labute approximate surface area is 161 Å². The van der Waals surface area contributed by atoms with Gasteiger partial charge in [-0.1, -0.05) is 0 Å². The molecule has 28 heavy (non-hydrogen) atoms. The first-order valence-corrected chi connectivity index (χ1v) is 8.45. The van der Waals surface area contributed by atoms with Gasteiger partial charge in [0.15, 0.2) is 11.5 Å². The largest absolute Gasteiger partial charge is 0.493 e. The van der Waals surface area contributed by atoms with Gasteiger partial charge in [-0.3, -0.25) is 0 Å². The Morgan fingerprint density at radius 2 is 1.61 bits per heavy atom. The summed E-state index contributed by atoms with van der Waals surface area (Å²) >= 11 is 0. The first kappa shape index (κ1) is 17.5. The van der Waals surface area contributed by atoms with E-state index in [0.717, 1.165) is 16.6 Å². The van der Waals surface area contributed by atoms with Gasteiger partial charge in [-0.25, -0.2) is 9.97 Å². The zero-order valence-corrected chi connectivity index (χ0v) is 15.3. The van der Waals surface area contributed by atoms with Crippen LogP contribution in [0.1, 0.15) is 0 Å². The van der Waals surface area contributed by atoms with E-state index in [4.69, 9.17) is 14.2 Å². The van der Waals surface area contributed by atoms with Crippen molar-refractivity contribution in [1.82, 2.24) is 20.2 Å². The van der Waals surface area contributed by atoms with Crippen LogP contribution in [0.5, 0.6) is 23.0 Å². The minimum atomic E-state index is 0.613. The second-order valence-electron chi connectivity index (χ2n) is 5.78. The van der Waals surface area contributed by atoms with E-state index in [1.165, 1.54) is 6.33 Å². The monoisotopic (exact) mass is 375 g/mol. The van der Waals surface area contributed by atoms with Crippen LogP contribution in [-0.4, -0.2) is 34.4 Å². The van der Waals surface area contributed by atoms with E-state index in [0.29, 0.717) is 28.8 Å². The van der Waals surface area contributed by atoms with Crippen molar-refractivity contribution in [3.8, 4) is 23.0 Å². The van der Waals surface area contributed by atoms with Crippen molar-refractivity contribution in [2.75, 3.05) is 19.5 Å². The first-order valence-electron chi connectivity index (χ1n) is 8.45. The normalized spacial score (nSPS) is 10.5. The minimum absolute atomic E-state index is 0.613. The molecule has 8 heteroatoms. The molecule has 4 rings (SSSR count). The van der Waals surface area contributed by atoms with Crippen LogP contribution >= 0.6 is 0 Å². The van der Waals surface area contributed by atoms with E-state index in [2.05, 4.69) is 25.5 Å². The van der Waals surface area contributed by atoms with E-state index in [9.17, 15) is 0 Å². The molecule has 0 aliphatic heterocycles. The lowest BCUT2D eigenvalue weighted by molar-refractivity contribution is 0.356. The van der Waals surface area contributed by atoms with Crippen molar-refractivity contribution in [1.29, 1.82) is 0 Å². The fourth-order valence-corrected chi connectivity index (χ4v) is 2.70. The van der Waals surface area contributed by atoms with Gasteiger partial charge < -0.3 is 19.5 Å². The maximum Gasteiger partial charge on any atom is 0.162 e. The number of aromatic nitrogens is 4. The van der Waals surface area contributed by atoms with Gasteiger partial charge >= 0.3 is 0 Å². The predicted octanol–water partition coefficient (Wildman–Crippen LogP) is 3.97. The number of hydrogen-bond donors (Lipinski definition) is 1. The fourth-order valence-electron chi connectivity index (χ4n) is 2.70. The Morgan fingerprint density at radius 1 is 0.821 bits per heavy atom. The molecule has 0 saturated carbocycles. The van der Waals surface area contributed by atoms with E-state index in [-0.39, 0.29) is 0 Å². The molecule has 0 spiro atoms. The quantitative estimate of drug-likeness (QED) is 0.541. The average molecular weight is 375 g/mol. The smallest absolute Gasteiger partial charge is 0.162 e. The summed E-state index contributed by atoms with van der Waals surface area (Å²) < 4.78 is 16.4. The Hall–Kier alpha value is -3.94. The molecule has 1 N–H and O–H groups in total. The Morgan fingerprint density at radius 3 is 2.32 bits per heavy atom. The number of nitrogens with zero attached hydrogens (tertiary/aromatic N) is 4. The second-order valence-corrected chi connectivity index (χ2v) is 5.78. The summed E-state index contributed by atoms with van der Waals surface area (Å²) in [6, 6.07) is 12.9. The summed E-state index contributed by atoms with van der Waals surface area (Å²) in [7, 11) is 3.19. The summed E-state index contributed by atoms with van der Waals surface area (Å²) in [5, 5.41) is 11.6. The number of rotatable bonds is 6. The molecule has 2 aromatic carbocycles. The topological polar surface area (TPSA) is 91.3 Å². The van der Waals surface area contributed by atoms with E-state index < -0.39 is 0 Å². The molecule has 4 aromatic rings. The number of ether oxygens (including phenoxy) is 3. The van der Waals surface area contributed by atoms with Gasteiger partial charge in [0.1, 0.15) is 23.6 Å². The highest BCUT2D eigenvalue weighted by Gasteiger charge is 2.11. The van der Waals surface area contributed by atoms with Gasteiger partial charge in [0.2, 0.25) is 0 Å². The van der Waals surface area contributed by atoms with Crippen LogP contribution in [0, 0.1) is 0 Å². The number of nitrogens with one attached hydrogen (secondary N) is 1. The van der Waals surface area contributed by atoms with Crippen molar-refractivity contribution in [3.63, 3.8) is 0 Å². The minimum Gasteiger partial charge on any atom is -0.493 e. The molecular formula is C20H17N5O3. The van der Waals surface area contributed by atoms with E-state index in [1.807, 2.05) is 36.4 Å². The summed E-state index contributed by atoms with van der Waals surface area (Å²) in [5.74, 6) is 3.21. The first-order chi connectivity index (χ1) is 13.8. The number of anilines is 2. The summed E-state index contributed by atoms with van der Waals surface area (Å²) in [5.41, 5.74) is 1.61. The molecule has 0 unspecified atom stereocenters. The van der Waals surface area contributed by atoms with Gasteiger partial charge in [0.05, 0.1) is 32.1 Å². The van der Waals surface area contributed by atoms with Crippen LogP contribution in [0.2, 0.25) is 0 Å². The molecule has 140 valence electrons. The van der Waals surface area contributed by atoms with Crippen molar-refractivity contribution >= 4 is 22.4 Å². The van der Waals surface area contributed by atoms with Crippen LogP contribution in [0.3, 0.4) is 0 Å². The Kier molecular flexibility index (Phi) is 4.83. The number of benzene rings is 2. The van der Waals surface area contributed by atoms with Crippen molar-refractivity contribution in [3.05, 3.63) is 61.2 Å². The third-order valence-electron chi connectivity index (χ3n) is 4.05. The molecular weight excluding hydrogens is 358 g/mol. The maximum atomic E-state index is 5.72. The number of methoxy groups -OCH3 is 2. The zero-order chi connectivity index (χ0) is 19.3. The number of hydrogen-bond acceptors (Lipinski definition) is 8. The van der Waals surface area contributed by atoms with Crippen LogP contribution < -0.4 is 19.5 Å². The molecule has 0 radical (unpaired) electrons. The Bertz CT molecular complexity index is 1090. The fraction of sp³-hybridized carbons (Fsp3) is 0.100. The predicted molar refractivity (Wildman–Crippen MR) is 104 cm³/mol. The van der Waals surface area contributed by atoms with Gasteiger partial charge in [-0.15, -0.1) is 0 Å². The van der Waals surface area contributed by atoms with Crippen LogP contribution in [0.25, 0.3) is 10.9 Å². The SMILES string of the molecule is COc1cc2ncnc(Nc3ccc(Oc4ccnnc4)cc3)c2cc1OC. The average Bonchev–Trinajstić information content (AvgIpc) is 2.75. The highest BCUT2D eigenvalue weighted by Crippen LogP contribution is 2.34. The number of fused-ring (bicyclic) bond motifs is 1. The van der Waals surface area contributed by atoms with Gasteiger partial charge in [-0.2, -0.15) is 10.2 Å². The molecule has 2 aromatic heterocycles.